The molecule has 4 aromatic heterocycles. The number of aryl methyl sites for hydroxylation is 1. The summed E-state index contributed by atoms with van der Waals surface area (Å²) in [5, 5.41) is 20.1. The number of hydrogen-bond donors (Lipinski definition) is 4. The van der Waals surface area contributed by atoms with E-state index in [2.05, 4.69) is 51.2 Å². The van der Waals surface area contributed by atoms with E-state index in [1.165, 1.54) is 6.92 Å². The van der Waals surface area contributed by atoms with E-state index in [0.717, 1.165) is 44.5 Å². The number of para-hydroxylation sites is 1. The molecular formula is C47H58N12O8. The molecule has 0 atom stereocenters. The molecule has 1 aliphatic heterocycles. The molecule has 1 saturated carbocycles. The maximum atomic E-state index is 13.6. The molecule has 3 amide bonds. The molecule has 1 saturated heterocycles. The zero-order chi connectivity index (χ0) is 47.3. The average molecular weight is 919 g/mol. The topological polar surface area (TPSA) is 237 Å². The molecular weight excluding hydrogens is 861 g/mol. The lowest BCUT2D eigenvalue weighted by Gasteiger charge is -2.35. The summed E-state index contributed by atoms with van der Waals surface area (Å²) in [6, 6.07) is 13.7. The molecule has 2 fully saturated rings. The Morgan fingerprint density at radius 1 is 0.821 bits per heavy atom. The van der Waals surface area contributed by atoms with Gasteiger partial charge in [-0.2, -0.15) is 4.98 Å². The van der Waals surface area contributed by atoms with Crippen LogP contribution in [0.15, 0.2) is 65.7 Å². The molecule has 5 aromatic rings. The van der Waals surface area contributed by atoms with Crippen LogP contribution in [-0.2, 0) is 19.1 Å². The van der Waals surface area contributed by atoms with Gasteiger partial charge >= 0.3 is 0 Å². The van der Waals surface area contributed by atoms with Crippen molar-refractivity contribution in [2.45, 2.75) is 71.9 Å². The van der Waals surface area contributed by atoms with Gasteiger partial charge in [-0.3, -0.25) is 33.4 Å². The molecule has 4 N–H and O–H groups in total. The van der Waals surface area contributed by atoms with Crippen molar-refractivity contribution in [2.75, 3.05) is 86.5 Å². The number of fused-ring (bicyclic) bond motifs is 1. The SMILES string of the molecule is CC(=O)c1c(C)c2cnc(Nc3ccc(N4CCN(CC(=O)NCCOCCOCCC(=O)Nc5ccccc5C(=O)Nc5ccc(OC(C)C)nn5)CC4)cn3)nc2n(C2CCCC2)c1=O. The van der Waals surface area contributed by atoms with E-state index in [-0.39, 0.29) is 78.4 Å². The maximum Gasteiger partial charge on any atom is 0.263 e. The van der Waals surface area contributed by atoms with Crippen LogP contribution in [-0.4, -0.2) is 130 Å². The number of amides is 3. The van der Waals surface area contributed by atoms with Crippen molar-refractivity contribution < 1.29 is 33.4 Å². The van der Waals surface area contributed by atoms with E-state index in [4.69, 9.17) is 19.2 Å². The average Bonchev–Trinajstić information content (AvgIpc) is 3.84. The fourth-order valence-electron chi connectivity index (χ4n) is 8.12. The van der Waals surface area contributed by atoms with E-state index in [9.17, 15) is 24.0 Å². The summed E-state index contributed by atoms with van der Waals surface area (Å²) in [6.45, 7) is 11.5. The van der Waals surface area contributed by atoms with Crippen LogP contribution in [0.4, 0.5) is 29.0 Å². The smallest absolute Gasteiger partial charge is 0.263 e. The molecule has 7 rings (SSSR count). The Morgan fingerprint density at radius 2 is 1.57 bits per heavy atom. The van der Waals surface area contributed by atoms with Gasteiger partial charge in [-0.05, 0) is 76.4 Å². The number of rotatable bonds is 21. The summed E-state index contributed by atoms with van der Waals surface area (Å²) >= 11 is 0. The summed E-state index contributed by atoms with van der Waals surface area (Å²) in [5.74, 6) is 0.349. The zero-order valence-corrected chi connectivity index (χ0v) is 38.4. The molecule has 1 aromatic carbocycles. The van der Waals surface area contributed by atoms with Crippen molar-refractivity contribution in [2.24, 2.45) is 0 Å². The second kappa shape index (κ2) is 23.0. The highest BCUT2D eigenvalue weighted by Crippen LogP contribution is 2.32. The van der Waals surface area contributed by atoms with Crippen LogP contribution in [0, 0.1) is 6.92 Å². The van der Waals surface area contributed by atoms with E-state index in [1.54, 1.807) is 60.3 Å². The van der Waals surface area contributed by atoms with Crippen LogP contribution in [0.1, 0.15) is 85.2 Å². The van der Waals surface area contributed by atoms with Gasteiger partial charge in [0.05, 0.1) is 74.2 Å². The lowest BCUT2D eigenvalue weighted by molar-refractivity contribution is -0.122. The highest BCUT2D eigenvalue weighted by Gasteiger charge is 2.26. The zero-order valence-electron chi connectivity index (χ0n) is 38.4. The molecule has 0 spiro atoms. The van der Waals surface area contributed by atoms with Crippen molar-refractivity contribution in [1.29, 1.82) is 0 Å². The normalized spacial score (nSPS) is 14.3. The third-order valence-electron chi connectivity index (χ3n) is 11.4. The number of nitrogens with one attached hydrogen (secondary N) is 4. The Hall–Kier alpha value is -6.90. The van der Waals surface area contributed by atoms with Gasteiger partial charge < -0.3 is 40.4 Å². The Bertz CT molecular complexity index is 2580. The number of anilines is 5. The number of nitrogens with zero attached hydrogens (tertiary/aromatic N) is 8. The Kier molecular flexibility index (Phi) is 16.5. The first-order valence-electron chi connectivity index (χ1n) is 22.7. The monoisotopic (exact) mass is 918 g/mol. The number of aromatic nitrogens is 6. The predicted octanol–water partition coefficient (Wildman–Crippen LogP) is 4.69. The fraction of sp³-hybridized carbons (Fsp3) is 0.447. The van der Waals surface area contributed by atoms with Gasteiger partial charge in [0.1, 0.15) is 11.5 Å². The number of hydrogen-bond acceptors (Lipinski definition) is 16. The molecule has 0 radical (unpaired) electrons. The van der Waals surface area contributed by atoms with Gasteiger partial charge in [0.25, 0.3) is 11.5 Å². The maximum absolute atomic E-state index is 13.6. The largest absolute Gasteiger partial charge is 0.474 e. The number of carbonyl (C=O) groups is 4. The number of ketones is 1. The highest BCUT2D eigenvalue weighted by atomic mass is 16.5. The third kappa shape index (κ3) is 12.9. The van der Waals surface area contributed by atoms with E-state index in [1.807, 2.05) is 26.0 Å². The molecule has 67 heavy (non-hydrogen) atoms. The minimum absolute atomic E-state index is 0.00979. The molecule has 20 nitrogen and oxygen atoms in total. The Balaban J connectivity index is 0.756. The molecule has 1 aliphatic carbocycles. The van der Waals surface area contributed by atoms with Crippen LogP contribution in [0.5, 0.6) is 5.88 Å². The summed E-state index contributed by atoms with van der Waals surface area (Å²) in [6.07, 6.45) is 7.25. The first-order valence-corrected chi connectivity index (χ1v) is 22.7. The van der Waals surface area contributed by atoms with Gasteiger partial charge in [0.2, 0.25) is 23.6 Å². The lowest BCUT2D eigenvalue weighted by Crippen LogP contribution is -2.49. The standard InChI is InChI=1S/C47H58N12O8/c1-30(2)67-42-16-15-39(55-56-42)52-45(63)35-11-7-8-12-37(35)51-40(61)17-23-65-25-26-66-24-18-48-41(62)29-57-19-21-58(22-20-57)34-13-14-38(49-27-34)53-47-50-28-36-31(3)43(32(4)60)46(64)59(44(36)54-47)33-9-5-6-10-33/h7-8,11-16,27-28,30,33H,5-6,9-10,17-26,29H2,1-4H3,(H,48,62)(H,51,61)(H,52,55,63)(H,49,50,53,54). The van der Waals surface area contributed by atoms with Gasteiger partial charge in [-0.1, -0.05) is 25.0 Å². The van der Waals surface area contributed by atoms with Gasteiger partial charge in [-0.25, -0.2) is 9.97 Å². The molecule has 354 valence electrons. The van der Waals surface area contributed by atoms with Crippen LogP contribution >= 0.6 is 0 Å². The Labute approximate surface area is 388 Å². The molecule has 0 unspecified atom stereocenters. The van der Waals surface area contributed by atoms with Gasteiger partial charge in [0, 0.05) is 56.4 Å². The lowest BCUT2D eigenvalue weighted by atomic mass is 10.0. The predicted molar refractivity (Wildman–Crippen MR) is 252 cm³/mol. The van der Waals surface area contributed by atoms with E-state index < -0.39 is 5.91 Å². The number of pyridine rings is 2. The third-order valence-corrected chi connectivity index (χ3v) is 11.4. The molecule has 2 aliphatic rings. The highest BCUT2D eigenvalue weighted by molar-refractivity contribution is 6.09. The van der Waals surface area contributed by atoms with Crippen LogP contribution in [0.25, 0.3) is 11.0 Å². The van der Waals surface area contributed by atoms with Crippen molar-refractivity contribution in [3.05, 3.63) is 88.0 Å². The number of piperazine rings is 1. The van der Waals surface area contributed by atoms with Crippen molar-refractivity contribution in [3.63, 3.8) is 0 Å². The summed E-state index contributed by atoms with van der Waals surface area (Å²) < 4.78 is 18.3. The Morgan fingerprint density at radius 3 is 2.27 bits per heavy atom. The second-order valence-electron chi connectivity index (χ2n) is 16.7. The number of Topliss-reactive ketones (excluding diaryl/α,β-unsaturated/α-hetero) is 1. The fourth-order valence-corrected chi connectivity index (χ4v) is 8.12. The van der Waals surface area contributed by atoms with Crippen LogP contribution < -0.4 is 36.5 Å². The van der Waals surface area contributed by atoms with Crippen LogP contribution in [0.2, 0.25) is 0 Å². The first-order chi connectivity index (χ1) is 32.4. The first kappa shape index (κ1) is 48.0. The quantitative estimate of drug-likeness (QED) is 0.0577. The summed E-state index contributed by atoms with van der Waals surface area (Å²) in [7, 11) is 0. The van der Waals surface area contributed by atoms with Gasteiger partial charge in [-0.15, -0.1) is 10.2 Å². The number of carbonyl (C=O) groups excluding carboxylic acids is 4. The number of ether oxygens (including phenoxy) is 3. The molecule has 20 heteroatoms. The minimum atomic E-state index is -0.453. The second-order valence-corrected chi connectivity index (χ2v) is 16.7. The molecule has 0 bridgehead atoms. The van der Waals surface area contributed by atoms with Crippen molar-refractivity contribution >= 4 is 63.5 Å². The number of benzene rings is 1. The summed E-state index contributed by atoms with van der Waals surface area (Å²) in [4.78, 5) is 82.5. The van der Waals surface area contributed by atoms with Crippen molar-refractivity contribution in [3.8, 4) is 5.88 Å². The van der Waals surface area contributed by atoms with E-state index in [0.29, 0.717) is 72.8 Å². The van der Waals surface area contributed by atoms with Crippen molar-refractivity contribution in [1.82, 2.24) is 39.9 Å². The minimum Gasteiger partial charge on any atom is -0.474 e. The van der Waals surface area contributed by atoms with Crippen LogP contribution in [0.3, 0.4) is 0 Å². The van der Waals surface area contributed by atoms with E-state index >= 15 is 0 Å². The summed E-state index contributed by atoms with van der Waals surface area (Å²) in [5.41, 5.74) is 2.59. The van der Waals surface area contributed by atoms with Gasteiger partial charge in [0.15, 0.2) is 11.6 Å². The molecule has 5 heterocycles.